The van der Waals surface area contributed by atoms with E-state index >= 15 is 0 Å². The molecule has 30 heavy (non-hydrogen) atoms. The maximum absolute atomic E-state index is 6.18. The summed E-state index contributed by atoms with van der Waals surface area (Å²) in [5.41, 5.74) is 3.13. The van der Waals surface area contributed by atoms with Gasteiger partial charge in [-0.25, -0.2) is 0 Å². The van der Waals surface area contributed by atoms with Crippen LogP contribution >= 0.6 is 0 Å². The van der Waals surface area contributed by atoms with E-state index in [4.69, 9.17) is 9.47 Å². The van der Waals surface area contributed by atoms with Crippen LogP contribution < -0.4 is 15.4 Å². The summed E-state index contributed by atoms with van der Waals surface area (Å²) in [7, 11) is 1.77. The van der Waals surface area contributed by atoms with Gasteiger partial charge in [0.25, 0.3) is 0 Å². The molecule has 3 aromatic rings. The van der Waals surface area contributed by atoms with Gasteiger partial charge in [0.05, 0.1) is 13.2 Å². The van der Waals surface area contributed by atoms with Crippen molar-refractivity contribution >= 4 is 11.6 Å². The van der Waals surface area contributed by atoms with Crippen LogP contribution in [0.2, 0.25) is 0 Å². The van der Waals surface area contributed by atoms with Crippen LogP contribution in [0.1, 0.15) is 23.4 Å². The summed E-state index contributed by atoms with van der Waals surface area (Å²) < 4.78 is 13.6. The van der Waals surface area contributed by atoms with Crippen LogP contribution in [0.25, 0.3) is 5.65 Å². The second-order valence-electron chi connectivity index (χ2n) is 7.36. The topological polar surface area (TPSA) is 85.1 Å². The highest BCUT2D eigenvalue weighted by molar-refractivity contribution is 5.79. The molecule has 8 heteroatoms. The van der Waals surface area contributed by atoms with Crippen molar-refractivity contribution in [3.8, 4) is 5.75 Å². The highest BCUT2D eigenvalue weighted by atomic mass is 16.5. The first-order valence-electron chi connectivity index (χ1n) is 10.3. The quantitative estimate of drug-likeness (QED) is 0.460. The Kier molecular flexibility index (Phi) is 6.44. The number of hydrogen-bond acceptors (Lipinski definition) is 5. The summed E-state index contributed by atoms with van der Waals surface area (Å²) in [6.07, 6.45) is 3.78. The molecular weight excluding hydrogens is 380 g/mol. The first-order valence-corrected chi connectivity index (χ1v) is 10.3. The predicted molar refractivity (Wildman–Crippen MR) is 116 cm³/mol. The van der Waals surface area contributed by atoms with E-state index < -0.39 is 0 Å². The van der Waals surface area contributed by atoms with Crippen LogP contribution in [0.4, 0.5) is 0 Å². The van der Waals surface area contributed by atoms with Crippen molar-refractivity contribution in [2.75, 3.05) is 26.8 Å². The lowest BCUT2D eigenvalue weighted by molar-refractivity contribution is 0.140. The van der Waals surface area contributed by atoms with Gasteiger partial charge in [0, 0.05) is 44.7 Å². The van der Waals surface area contributed by atoms with Crippen LogP contribution in [0.15, 0.2) is 47.6 Å². The molecule has 1 aromatic carbocycles. The van der Waals surface area contributed by atoms with Crippen molar-refractivity contribution in [1.29, 1.82) is 0 Å². The zero-order valence-corrected chi connectivity index (χ0v) is 17.5. The fourth-order valence-electron chi connectivity index (χ4n) is 3.46. The van der Waals surface area contributed by atoms with E-state index in [9.17, 15) is 0 Å². The molecular formula is C22H28N6O2. The van der Waals surface area contributed by atoms with E-state index in [-0.39, 0.29) is 6.10 Å². The van der Waals surface area contributed by atoms with Crippen LogP contribution in [0.5, 0.6) is 5.75 Å². The Labute approximate surface area is 176 Å². The van der Waals surface area contributed by atoms with Gasteiger partial charge in [-0.3, -0.25) is 9.39 Å². The lowest BCUT2D eigenvalue weighted by Gasteiger charge is -2.18. The Morgan fingerprint density at radius 3 is 3.03 bits per heavy atom. The Morgan fingerprint density at radius 2 is 2.20 bits per heavy atom. The number of rotatable bonds is 7. The molecule has 1 saturated heterocycles. The number of aliphatic imine (C=N–C) groups is 1. The zero-order chi connectivity index (χ0) is 20.8. The van der Waals surface area contributed by atoms with Gasteiger partial charge in [-0.1, -0.05) is 18.2 Å². The molecule has 0 bridgehead atoms. The Balaban J connectivity index is 1.32. The van der Waals surface area contributed by atoms with Crippen LogP contribution in [-0.4, -0.2) is 53.5 Å². The molecule has 1 fully saturated rings. The highest BCUT2D eigenvalue weighted by Crippen LogP contribution is 2.23. The molecule has 1 aliphatic rings. The third-order valence-electron chi connectivity index (χ3n) is 5.10. The van der Waals surface area contributed by atoms with Crippen LogP contribution in [0, 0.1) is 6.92 Å². The fraction of sp³-hybridized carbons (Fsp3) is 0.409. The van der Waals surface area contributed by atoms with E-state index in [0.717, 1.165) is 48.2 Å². The van der Waals surface area contributed by atoms with Crippen molar-refractivity contribution in [2.45, 2.75) is 32.4 Å². The summed E-state index contributed by atoms with van der Waals surface area (Å²) in [4.78, 5) is 4.33. The number of nitrogens with zero attached hydrogens (tertiary/aromatic N) is 4. The van der Waals surface area contributed by atoms with E-state index in [1.807, 2.05) is 28.8 Å². The van der Waals surface area contributed by atoms with Crippen LogP contribution in [-0.2, 0) is 17.7 Å². The summed E-state index contributed by atoms with van der Waals surface area (Å²) in [5, 5.41) is 15.2. The largest absolute Gasteiger partial charge is 0.488 e. The summed E-state index contributed by atoms with van der Waals surface area (Å²) in [6.45, 7) is 4.82. The second-order valence-corrected chi connectivity index (χ2v) is 7.36. The second kappa shape index (κ2) is 9.58. The number of ether oxygens (including phenoxy) is 2. The van der Waals surface area contributed by atoms with Gasteiger partial charge in [0.2, 0.25) is 0 Å². The molecule has 1 unspecified atom stereocenters. The van der Waals surface area contributed by atoms with Gasteiger partial charge >= 0.3 is 0 Å². The molecule has 1 aliphatic heterocycles. The highest BCUT2D eigenvalue weighted by Gasteiger charge is 2.18. The molecule has 0 aliphatic carbocycles. The Hall–Kier alpha value is -3.13. The number of guanidine groups is 1. The zero-order valence-electron chi connectivity index (χ0n) is 17.5. The lowest BCUT2D eigenvalue weighted by Crippen LogP contribution is -2.38. The fourth-order valence-corrected chi connectivity index (χ4v) is 3.46. The third kappa shape index (κ3) is 4.88. The minimum Gasteiger partial charge on any atom is -0.488 e. The SMILES string of the molecule is CN=C(NCCc1nnc2ccccn12)NCc1ccc(C)cc1OC1CCOC1. The summed E-state index contributed by atoms with van der Waals surface area (Å²) in [5.74, 6) is 2.56. The minimum absolute atomic E-state index is 0.126. The average molecular weight is 409 g/mol. The van der Waals surface area contributed by atoms with E-state index in [1.54, 1.807) is 7.05 Å². The van der Waals surface area contributed by atoms with Gasteiger partial charge in [-0.15, -0.1) is 10.2 Å². The molecule has 8 nitrogen and oxygen atoms in total. The van der Waals surface area contributed by atoms with E-state index in [0.29, 0.717) is 19.7 Å². The van der Waals surface area contributed by atoms with Crippen molar-refractivity contribution in [1.82, 2.24) is 25.2 Å². The number of aromatic nitrogens is 3. The van der Waals surface area contributed by atoms with E-state index in [2.05, 4.69) is 50.9 Å². The predicted octanol–water partition coefficient (Wildman–Crippen LogP) is 2.11. The first kappa shape index (κ1) is 20.2. The molecule has 2 aromatic heterocycles. The third-order valence-corrected chi connectivity index (χ3v) is 5.10. The first-order chi connectivity index (χ1) is 14.7. The van der Waals surface area contributed by atoms with E-state index in [1.165, 1.54) is 5.56 Å². The number of fused-ring (bicyclic) bond motifs is 1. The van der Waals surface area contributed by atoms with Gasteiger partial charge < -0.3 is 20.1 Å². The standard InChI is InChI=1S/C22H28N6O2/c1-16-6-7-17(19(13-16)30-18-9-12-29-15-18)14-25-22(23-2)24-10-8-21-27-26-20-5-3-4-11-28(20)21/h3-7,11,13,18H,8-10,12,14-15H2,1-2H3,(H2,23,24,25). The molecule has 0 radical (unpaired) electrons. The smallest absolute Gasteiger partial charge is 0.191 e. The monoisotopic (exact) mass is 408 g/mol. The number of pyridine rings is 1. The number of aryl methyl sites for hydroxylation is 1. The maximum Gasteiger partial charge on any atom is 0.191 e. The minimum atomic E-state index is 0.126. The van der Waals surface area contributed by atoms with Gasteiger partial charge in [0.1, 0.15) is 17.7 Å². The molecule has 0 spiro atoms. The normalized spacial score (nSPS) is 16.7. The Morgan fingerprint density at radius 1 is 1.27 bits per heavy atom. The van der Waals surface area contributed by atoms with Crippen molar-refractivity contribution in [3.63, 3.8) is 0 Å². The van der Waals surface area contributed by atoms with Crippen molar-refractivity contribution in [2.24, 2.45) is 4.99 Å². The average Bonchev–Trinajstić information content (AvgIpc) is 3.42. The molecule has 4 rings (SSSR count). The number of nitrogens with one attached hydrogen (secondary N) is 2. The molecule has 1 atom stereocenters. The number of hydrogen-bond donors (Lipinski definition) is 2. The van der Waals surface area contributed by atoms with Gasteiger partial charge in [-0.2, -0.15) is 0 Å². The molecule has 158 valence electrons. The Bertz CT molecular complexity index is 1010. The molecule has 0 amide bonds. The van der Waals surface area contributed by atoms with Crippen molar-refractivity contribution in [3.05, 3.63) is 59.5 Å². The van der Waals surface area contributed by atoms with Crippen LogP contribution in [0.3, 0.4) is 0 Å². The summed E-state index contributed by atoms with van der Waals surface area (Å²) >= 11 is 0. The number of benzene rings is 1. The summed E-state index contributed by atoms with van der Waals surface area (Å²) in [6, 6.07) is 12.2. The molecule has 3 heterocycles. The molecule has 2 N–H and O–H groups in total. The van der Waals surface area contributed by atoms with Crippen molar-refractivity contribution < 1.29 is 9.47 Å². The van der Waals surface area contributed by atoms with Gasteiger partial charge in [-0.05, 0) is 30.7 Å². The maximum atomic E-state index is 6.18. The lowest BCUT2D eigenvalue weighted by atomic mass is 10.1. The molecule has 0 saturated carbocycles. The van der Waals surface area contributed by atoms with Gasteiger partial charge in [0.15, 0.2) is 11.6 Å².